The summed E-state index contributed by atoms with van der Waals surface area (Å²) < 4.78 is 6.98. The molecular formula is C13H17N5O5. The minimum absolute atomic E-state index is 0.205. The highest BCUT2D eigenvalue weighted by molar-refractivity contribution is 5.74. The lowest BCUT2D eigenvalue weighted by atomic mass is 9.99. The maximum absolute atomic E-state index is 11.6. The number of aromatic nitrogens is 3. The first-order chi connectivity index (χ1) is 10.9. The van der Waals surface area contributed by atoms with Crippen LogP contribution in [0.25, 0.3) is 5.52 Å². The van der Waals surface area contributed by atoms with Crippen LogP contribution in [0.4, 0.5) is 5.82 Å². The molecule has 0 bridgehead atoms. The Bertz CT molecular complexity index is 749. The molecule has 3 heterocycles. The van der Waals surface area contributed by atoms with Crippen LogP contribution in [-0.2, 0) is 15.3 Å². The first-order valence-electron chi connectivity index (χ1n) is 6.93. The van der Waals surface area contributed by atoms with E-state index in [-0.39, 0.29) is 11.5 Å². The molecule has 1 amide bonds. The molecule has 23 heavy (non-hydrogen) atoms. The van der Waals surface area contributed by atoms with E-state index in [2.05, 4.69) is 15.4 Å². The topological polar surface area (TPSA) is 155 Å². The van der Waals surface area contributed by atoms with Crippen molar-refractivity contribution in [1.29, 1.82) is 0 Å². The summed E-state index contributed by atoms with van der Waals surface area (Å²) in [6, 6.07) is 3.15. The average molecular weight is 323 g/mol. The number of hydrogen-bond donors (Lipinski definition) is 5. The standard InChI is InChI=1S/C13H17N5O5/c1-6(20)17-13(11(22)10(21)8(4-19)23-13)9-3-2-7-12(14)15-5-16-18(7)9/h2-3,5,8,10-11,19,21-22H,4H2,1H3,(H,17,20)(H2,14,15,16)/t8-,10-,11-,13+/m1/s1. The molecule has 0 aromatic carbocycles. The molecule has 4 atom stereocenters. The minimum Gasteiger partial charge on any atom is -0.394 e. The van der Waals surface area contributed by atoms with E-state index in [1.165, 1.54) is 17.8 Å². The van der Waals surface area contributed by atoms with E-state index in [1.54, 1.807) is 12.1 Å². The third-order valence-corrected chi connectivity index (χ3v) is 3.86. The lowest BCUT2D eigenvalue weighted by molar-refractivity contribution is -0.147. The van der Waals surface area contributed by atoms with Crippen molar-refractivity contribution in [3.05, 3.63) is 24.2 Å². The molecule has 0 spiro atoms. The van der Waals surface area contributed by atoms with Crippen LogP contribution in [0, 0.1) is 0 Å². The maximum Gasteiger partial charge on any atom is 0.219 e. The second-order valence-electron chi connectivity index (χ2n) is 5.35. The zero-order valence-electron chi connectivity index (χ0n) is 12.2. The third kappa shape index (κ3) is 2.23. The lowest BCUT2D eigenvalue weighted by Crippen LogP contribution is -2.54. The van der Waals surface area contributed by atoms with Crippen LogP contribution < -0.4 is 11.1 Å². The van der Waals surface area contributed by atoms with E-state index >= 15 is 0 Å². The van der Waals surface area contributed by atoms with Gasteiger partial charge in [-0.15, -0.1) is 0 Å². The van der Waals surface area contributed by atoms with Gasteiger partial charge in [0.1, 0.15) is 30.2 Å². The molecule has 1 aliphatic rings. The largest absolute Gasteiger partial charge is 0.394 e. The summed E-state index contributed by atoms with van der Waals surface area (Å²) in [5.41, 5.74) is 4.70. The smallest absolute Gasteiger partial charge is 0.219 e. The summed E-state index contributed by atoms with van der Waals surface area (Å²) in [6.07, 6.45) is -2.76. The number of carbonyl (C=O) groups is 1. The van der Waals surface area contributed by atoms with Gasteiger partial charge in [0, 0.05) is 6.92 Å². The molecular weight excluding hydrogens is 306 g/mol. The normalized spacial score (nSPS) is 30.7. The highest BCUT2D eigenvalue weighted by atomic mass is 16.6. The van der Waals surface area contributed by atoms with Crippen LogP contribution in [0.3, 0.4) is 0 Å². The van der Waals surface area contributed by atoms with Gasteiger partial charge in [0.2, 0.25) is 11.6 Å². The van der Waals surface area contributed by atoms with Gasteiger partial charge in [-0.1, -0.05) is 0 Å². The Morgan fingerprint density at radius 2 is 2.26 bits per heavy atom. The molecule has 124 valence electrons. The summed E-state index contributed by atoms with van der Waals surface area (Å²) in [7, 11) is 0. The molecule has 0 radical (unpaired) electrons. The van der Waals surface area contributed by atoms with E-state index < -0.39 is 36.6 Å². The van der Waals surface area contributed by atoms with Crippen LogP contribution in [0.5, 0.6) is 0 Å². The Hall–Kier alpha value is -2.27. The first kappa shape index (κ1) is 15.6. The van der Waals surface area contributed by atoms with Gasteiger partial charge >= 0.3 is 0 Å². The van der Waals surface area contributed by atoms with E-state index in [0.29, 0.717) is 5.52 Å². The van der Waals surface area contributed by atoms with Crippen molar-refractivity contribution in [2.45, 2.75) is 31.0 Å². The average Bonchev–Trinajstić information content (AvgIpc) is 3.04. The molecule has 3 rings (SSSR count). The number of fused-ring (bicyclic) bond motifs is 1. The Labute approximate surface area is 130 Å². The monoisotopic (exact) mass is 323 g/mol. The number of hydrogen-bond acceptors (Lipinski definition) is 8. The van der Waals surface area contributed by atoms with Crippen LogP contribution >= 0.6 is 0 Å². The number of anilines is 1. The minimum atomic E-state index is -1.77. The predicted octanol–water partition coefficient (Wildman–Crippen LogP) is -2.29. The van der Waals surface area contributed by atoms with Crippen molar-refractivity contribution < 1.29 is 24.9 Å². The number of nitrogens with two attached hydrogens (primary N) is 1. The molecule has 0 saturated carbocycles. The quantitative estimate of drug-likeness (QED) is 0.423. The van der Waals surface area contributed by atoms with Gasteiger partial charge in [0.25, 0.3) is 0 Å². The molecule has 2 aromatic rings. The molecule has 1 saturated heterocycles. The van der Waals surface area contributed by atoms with Crippen molar-refractivity contribution in [1.82, 2.24) is 19.9 Å². The molecule has 0 aliphatic carbocycles. The third-order valence-electron chi connectivity index (χ3n) is 3.86. The Balaban J connectivity index is 2.20. The van der Waals surface area contributed by atoms with Gasteiger partial charge in [0.05, 0.1) is 12.3 Å². The fraction of sp³-hybridized carbons (Fsp3) is 0.462. The Morgan fingerprint density at radius 1 is 1.52 bits per heavy atom. The summed E-state index contributed by atoms with van der Waals surface area (Å²) in [5, 5.41) is 36.4. The molecule has 10 nitrogen and oxygen atoms in total. The highest BCUT2D eigenvalue weighted by Gasteiger charge is 2.57. The van der Waals surface area contributed by atoms with Crippen molar-refractivity contribution in [2.75, 3.05) is 12.3 Å². The maximum atomic E-state index is 11.6. The van der Waals surface area contributed by atoms with Gasteiger partial charge in [-0.2, -0.15) is 5.10 Å². The van der Waals surface area contributed by atoms with Gasteiger partial charge < -0.3 is 31.1 Å². The SMILES string of the molecule is CC(=O)N[C@@]1(c2ccc3c(N)ncnn23)O[C@H](CO)[C@@H](O)[C@H]1O. The van der Waals surface area contributed by atoms with Crippen LogP contribution in [0.1, 0.15) is 12.6 Å². The van der Waals surface area contributed by atoms with E-state index in [4.69, 9.17) is 10.5 Å². The number of aliphatic hydroxyl groups excluding tert-OH is 3. The van der Waals surface area contributed by atoms with Gasteiger partial charge in [-0.25, -0.2) is 9.50 Å². The summed E-state index contributed by atoms with van der Waals surface area (Å²) >= 11 is 0. The summed E-state index contributed by atoms with van der Waals surface area (Å²) in [5.74, 6) is -0.289. The zero-order valence-corrected chi connectivity index (χ0v) is 12.2. The number of ether oxygens (including phenoxy) is 1. The van der Waals surface area contributed by atoms with Crippen molar-refractivity contribution in [3.63, 3.8) is 0 Å². The first-order valence-corrected chi connectivity index (χ1v) is 6.93. The van der Waals surface area contributed by atoms with Gasteiger partial charge in [0.15, 0.2) is 5.82 Å². The van der Waals surface area contributed by atoms with Gasteiger partial charge in [-0.3, -0.25) is 4.79 Å². The van der Waals surface area contributed by atoms with Crippen molar-refractivity contribution >= 4 is 17.2 Å². The van der Waals surface area contributed by atoms with Crippen LogP contribution in [-0.4, -0.2) is 60.7 Å². The molecule has 2 aromatic heterocycles. The predicted molar refractivity (Wildman–Crippen MR) is 76.9 cm³/mol. The van der Waals surface area contributed by atoms with Crippen LogP contribution in [0.2, 0.25) is 0 Å². The second kappa shape index (κ2) is 5.42. The van der Waals surface area contributed by atoms with Crippen molar-refractivity contribution in [2.24, 2.45) is 0 Å². The Kier molecular flexibility index (Phi) is 3.68. The Morgan fingerprint density at radius 3 is 2.87 bits per heavy atom. The van der Waals surface area contributed by atoms with Crippen LogP contribution in [0.15, 0.2) is 18.5 Å². The highest BCUT2D eigenvalue weighted by Crippen LogP contribution is 2.38. The molecule has 0 unspecified atom stereocenters. The molecule has 1 aliphatic heterocycles. The number of rotatable bonds is 3. The molecule has 10 heteroatoms. The summed E-state index contributed by atoms with van der Waals surface area (Å²) in [6.45, 7) is 0.718. The molecule has 6 N–H and O–H groups in total. The number of nitrogen functional groups attached to an aromatic ring is 1. The lowest BCUT2D eigenvalue weighted by Gasteiger charge is -2.32. The van der Waals surface area contributed by atoms with E-state index in [0.717, 1.165) is 0 Å². The summed E-state index contributed by atoms with van der Waals surface area (Å²) in [4.78, 5) is 15.5. The number of amides is 1. The zero-order chi connectivity index (χ0) is 16.8. The number of nitrogens with zero attached hydrogens (tertiary/aromatic N) is 3. The van der Waals surface area contributed by atoms with E-state index in [1.807, 2.05) is 0 Å². The number of aliphatic hydroxyl groups is 3. The van der Waals surface area contributed by atoms with Gasteiger partial charge in [-0.05, 0) is 12.1 Å². The molecule has 1 fully saturated rings. The van der Waals surface area contributed by atoms with Crippen molar-refractivity contribution in [3.8, 4) is 0 Å². The number of carbonyl (C=O) groups excluding carboxylic acids is 1. The second-order valence-corrected chi connectivity index (χ2v) is 5.35. The fourth-order valence-electron chi connectivity index (χ4n) is 2.84. The number of nitrogens with one attached hydrogen (secondary N) is 1. The van der Waals surface area contributed by atoms with E-state index in [9.17, 15) is 20.1 Å². The fourth-order valence-corrected chi connectivity index (χ4v) is 2.84.